The van der Waals surface area contributed by atoms with E-state index in [1.54, 1.807) is 0 Å². The lowest BCUT2D eigenvalue weighted by Crippen LogP contribution is -2.34. The molecule has 166 valence electrons. The zero-order valence-corrected chi connectivity index (χ0v) is 19.8. The molecule has 0 saturated carbocycles. The van der Waals surface area contributed by atoms with Gasteiger partial charge < -0.3 is 9.67 Å². The Morgan fingerprint density at radius 2 is 1.80 bits per heavy atom. The summed E-state index contributed by atoms with van der Waals surface area (Å²) in [6, 6.07) is 13.3. The van der Waals surface area contributed by atoms with E-state index in [-0.39, 0.29) is 11.5 Å². The quantitative estimate of drug-likeness (QED) is 0.434. The number of aromatic nitrogens is 1. The van der Waals surface area contributed by atoms with Gasteiger partial charge >= 0.3 is 0 Å². The van der Waals surface area contributed by atoms with Crippen LogP contribution in [0.3, 0.4) is 0 Å². The highest BCUT2D eigenvalue weighted by Gasteiger charge is 2.15. The van der Waals surface area contributed by atoms with E-state index in [9.17, 15) is 5.11 Å². The van der Waals surface area contributed by atoms with Gasteiger partial charge in [-0.05, 0) is 60.4 Å². The highest BCUT2D eigenvalue weighted by atomic mass is 16.3. The van der Waals surface area contributed by atoms with Crippen molar-refractivity contribution < 1.29 is 5.11 Å². The van der Waals surface area contributed by atoms with Crippen molar-refractivity contribution in [1.82, 2.24) is 9.47 Å². The van der Waals surface area contributed by atoms with Gasteiger partial charge in [0.15, 0.2) is 0 Å². The second-order valence-corrected chi connectivity index (χ2v) is 10.0. The Morgan fingerprint density at radius 1 is 1.10 bits per heavy atom. The van der Waals surface area contributed by atoms with Crippen LogP contribution in [0.2, 0.25) is 0 Å². The predicted molar refractivity (Wildman–Crippen MR) is 129 cm³/mol. The molecule has 0 spiro atoms. The van der Waals surface area contributed by atoms with Crippen LogP contribution >= 0.6 is 0 Å². The van der Waals surface area contributed by atoms with E-state index in [0.717, 1.165) is 38.9 Å². The van der Waals surface area contributed by atoms with E-state index in [4.69, 9.17) is 0 Å². The molecule has 0 saturated heterocycles. The topological polar surface area (TPSA) is 28.4 Å². The lowest BCUT2D eigenvalue weighted by Gasteiger charge is -2.26. The molecule has 0 aliphatic heterocycles. The highest BCUT2D eigenvalue weighted by Crippen LogP contribution is 2.22. The summed E-state index contributed by atoms with van der Waals surface area (Å²) in [5.74, 6) is 0.658. The van der Waals surface area contributed by atoms with Crippen molar-refractivity contribution in [3.63, 3.8) is 0 Å². The van der Waals surface area contributed by atoms with Gasteiger partial charge in [0.2, 0.25) is 0 Å². The van der Waals surface area contributed by atoms with Crippen LogP contribution in [0.25, 0.3) is 0 Å². The minimum Gasteiger partial charge on any atom is -0.392 e. The Labute approximate surface area is 184 Å². The molecule has 0 bridgehead atoms. The van der Waals surface area contributed by atoms with Gasteiger partial charge in [-0.2, -0.15) is 0 Å². The fraction of sp³-hybridized carbons (Fsp3) is 0.556. The third-order valence-electron chi connectivity index (χ3n) is 5.68. The van der Waals surface area contributed by atoms with Crippen molar-refractivity contribution in [3.8, 4) is 0 Å². The average molecular weight is 411 g/mol. The summed E-state index contributed by atoms with van der Waals surface area (Å²) in [6.45, 7) is 18.5. The van der Waals surface area contributed by atoms with E-state index in [1.807, 2.05) is 6.08 Å². The molecule has 2 rings (SSSR count). The van der Waals surface area contributed by atoms with Crippen molar-refractivity contribution in [2.45, 2.75) is 78.5 Å². The minimum atomic E-state index is -0.302. The zero-order chi connectivity index (χ0) is 22.1. The van der Waals surface area contributed by atoms with Crippen LogP contribution in [-0.2, 0) is 18.5 Å². The monoisotopic (exact) mass is 410 g/mol. The lowest BCUT2D eigenvalue weighted by atomic mass is 9.87. The van der Waals surface area contributed by atoms with E-state index < -0.39 is 0 Å². The maximum Gasteiger partial charge on any atom is 0.0670 e. The molecule has 1 aromatic carbocycles. The number of aliphatic hydroxyl groups is 1. The Balaban J connectivity index is 2.06. The second kappa shape index (κ2) is 11.5. The summed E-state index contributed by atoms with van der Waals surface area (Å²) >= 11 is 0. The third-order valence-corrected chi connectivity index (χ3v) is 5.68. The number of benzene rings is 1. The summed E-state index contributed by atoms with van der Waals surface area (Å²) < 4.78 is 2.34. The van der Waals surface area contributed by atoms with Crippen LogP contribution < -0.4 is 0 Å². The first kappa shape index (κ1) is 24.4. The first-order valence-electron chi connectivity index (χ1n) is 11.4. The Morgan fingerprint density at radius 3 is 2.40 bits per heavy atom. The van der Waals surface area contributed by atoms with Gasteiger partial charge in [0.05, 0.1) is 6.10 Å². The summed E-state index contributed by atoms with van der Waals surface area (Å²) in [5, 5.41) is 10.4. The van der Waals surface area contributed by atoms with Gasteiger partial charge in [-0.1, -0.05) is 65.0 Å². The smallest absolute Gasteiger partial charge is 0.0670 e. The molecular weight excluding hydrogens is 368 g/mol. The van der Waals surface area contributed by atoms with Crippen LogP contribution in [0, 0.1) is 5.92 Å². The van der Waals surface area contributed by atoms with Crippen molar-refractivity contribution in [2.24, 2.45) is 5.92 Å². The first-order valence-corrected chi connectivity index (χ1v) is 11.4. The van der Waals surface area contributed by atoms with Gasteiger partial charge in [0.25, 0.3) is 0 Å². The SMILES string of the molecule is C=CCC[C@@H](O)CN(CCC(C)C)Cc1cccn1Cc1ccc(C(C)(C)C)cc1. The predicted octanol–water partition coefficient (Wildman–Crippen LogP) is 6.01. The number of nitrogens with zero attached hydrogens (tertiary/aromatic N) is 2. The number of rotatable bonds is 12. The molecular formula is C27H42N2O. The van der Waals surface area contributed by atoms with Crippen LogP contribution in [-0.4, -0.2) is 33.8 Å². The van der Waals surface area contributed by atoms with Crippen LogP contribution in [0.15, 0.2) is 55.3 Å². The van der Waals surface area contributed by atoms with E-state index in [0.29, 0.717) is 12.5 Å². The Hall–Kier alpha value is -1.84. The van der Waals surface area contributed by atoms with Gasteiger partial charge in [-0.25, -0.2) is 0 Å². The summed E-state index contributed by atoms with van der Waals surface area (Å²) in [4.78, 5) is 2.41. The Bertz CT molecular complexity index is 752. The fourth-order valence-corrected chi connectivity index (χ4v) is 3.66. The fourth-order valence-electron chi connectivity index (χ4n) is 3.66. The molecule has 1 heterocycles. The molecule has 0 aliphatic rings. The van der Waals surface area contributed by atoms with Crippen molar-refractivity contribution in [2.75, 3.05) is 13.1 Å². The standard InChI is InChI=1S/C27H42N2O/c1-7-8-11-26(30)21-28(18-16-22(2)3)20-25-10-9-17-29(25)19-23-12-14-24(15-13-23)27(4,5)6/h7,9-10,12-15,17,22,26,30H,1,8,11,16,18-21H2,2-6H3/t26-/m1/s1. The largest absolute Gasteiger partial charge is 0.392 e. The number of aliphatic hydroxyl groups excluding tert-OH is 1. The molecule has 0 aliphatic carbocycles. The molecule has 0 radical (unpaired) electrons. The van der Waals surface area contributed by atoms with Crippen molar-refractivity contribution in [3.05, 3.63) is 72.1 Å². The number of hydrogen-bond acceptors (Lipinski definition) is 2. The normalized spacial score (nSPS) is 13.2. The highest BCUT2D eigenvalue weighted by molar-refractivity contribution is 5.28. The molecule has 2 aromatic rings. The molecule has 0 fully saturated rings. The second-order valence-electron chi connectivity index (χ2n) is 10.0. The Kier molecular flexibility index (Phi) is 9.38. The van der Waals surface area contributed by atoms with Gasteiger partial charge in [-0.3, -0.25) is 4.90 Å². The molecule has 0 amide bonds. The molecule has 1 atom stereocenters. The van der Waals surface area contributed by atoms with Crippen molar-refractivity contribution >= 4 is 0 Å². The first-order chi connectivity index (χ1) is 14.2. The summed E-state index contributed by atoms with van der Waals surface area (Å²) in [5.41, 5.74) is 4.17. The summed E-state index contributed by atoms with van der Waals surface area (Å²) in [7, 11) is 0. The third kappa shape index (κ3) is 8.12. The number of hydrogen-bond donors (Lipinski definition) is 1. The van der Waals surface area contributed by atoms with Crippen LogP contribution in [0.1, 0.15) is 70.7 Å². The molecule has 3 nitrogen and oxygen atoms in total. The minimum absolute atomic E-state index is 0.181. The maximum atomic E-state index is 10.4. The van der Waals surface area contributed by atoms with Gasteiger partial charge in [0, 0.05) is 31.5 Å². The van der Waals surface area contributed by atoms with E-state index in [2.05, 4.69) is 93.3 Å². The molecule has 30 heavy (non-hydrogen) atoms. The number of allylic oxidation sites excluding steroid dienone is 1. The average Bonchev–Trinajstić information content (AvgIpc) is 3.10. The molecule has 0 unspecified atom stereocenters. The van der Waals surface area contributed by atoms with Crippen molar-refractivity contribution in [1.29, 1.82) is 0 Å². The molecule has 1 N–H and O–H groups in total. The van der Waals surface area contributed by atoms with Crippen LogP contribution in [0.4, 0.5) is 0 Å². The van der Waals surface area contributed by atoms with Gasteiger partial charge in [-0.15, -0.1) is 6.58 Å². The van der Waals surface area contributed by atoms with Gasteiger partial charge in [0.1, 0.15) is 0 Å². The van der Waals surface area contributed by atoms with Crippen LogP contribution in [0.5, 0.6) is 0 Å². The lowest BCUT2D eigenvalue weighted by molar-refractivity contribution is 0.0982. The molecule has 3 heteroatoms. The zero-order valence-electron chi connectivity index (χ0n) is 19.8. The summed E-state index contributed by atoms with van der Waals surface area (Å²) in [6.07, 6.45) is 6.54. The maximum absolute atomic E-state index is 10.4. The molecule has 1 aromatic heterocycles. The van der Waals surface area contributed by atoms with E-state index in [1.165, 1.54) is 16.8 Å². The van der Waals surface area contributed by atoms with E-state index >= 15 is 0 Å².